The van der Waals surface area contributed by atoms with Gasteiger partial charge in [0.2, 0.25) is 0 Å². The fourth-order valence-electron chi connectivity index (χ4n) is 2.69. The molecular weight excluding hydrogens is 330 g/mol. The third-order valence-electron chi connectivity index (χ3n) is 4.20. The Bertz CT molecular complexity index is 810. The minimum Gasteiger partial charge on any atom is -0.465 e. The van der Waals surface area contributed by atoms with Gasteiger partial charge in [0.25, 0.3) is 0 Å². The van der Waals surface area contributed by atoms with Gasteiger partial charge < -0.3 is 20.5 Å². The van der Waals surface area contributed by atoms with Crippen molar-refractivity contribution >= 4 is 17.3 Å². The van der Waals surface area contributed by atoms with Gasteiger partial charge in [-0.25, -0.2) is 4.79 Å². The lowest BCUT2D eigenvalue weighted by molar-refractivity contribution is 0.0600. The fourth-order valence-corrected chi connectivity index (χ4v) is 2.69. The smallest absolute Gasteiger partial charge is 0.337 e. The van der Waals surface area contributed by atoms with Crippen LogP contribution in [0.4, 0.5) is 11.4 Å². The van der Waals surface area contributed by atoms with E-state index in [2.05, 4.69) is 0 Å². The summed E-state index contributed by atoms with van der Waals surface area (Å²) in [5.74, 6) is -0.390. The largest absolute Gasteiger partial charge is 0.465 e. The Kier molecular flexibility index (Phi) is 6.21. The van der Waals surface area contributed by atoms with Crippen LogP contribution in [0.5, 0.6) is 0 Å². The van der Waals surface area contributed by atoms with Crippen LogP contribution in [-0.4, -0.2) is 30.8 Å². The number of aliphatic hydroxyl groups is 1. The monoisotopic (exact) mass is 353 g/mol. The van der Waals surface area contributed by atoms with E-state index in [-0.39, 0.29) is 6.04 Å². The maximum Gasteiger partial charge on any atom is 0.337 e. The van der Waals surface area contributed by atoms with Crippen molar-refractivity contribution in [2.45, 2.75) is 26.0 Å². The van der Waals surface area contributed by atoms with Crippen LogP contribution in [0, 0.1) is 11.3 Å². The Morgan fingerprint density at radius 2 is 1.92 bits per heavy atom. The molecule has 2 aromatic rings. The minimum atomic E-state index is -0.787. The van der Waals surface area contributed by atoms with Gasteiger partial charge in [-0.05, 0) is 55.8 Å². The minimum absolute atomic E-state index is 0.123. The molecule has 0 saturated carbocycles. The van der Waals surface area contributed by atoms with E-state index in [0.29, 0.717) is 28.9 Å². The molecule has 0 aliphatic carbocycles. The number of anilines is 2. The molecule has 0 aliphatic heterocycles. The lowest BCUT2D eigenvalue weighted by Crippen LogP contribution is -2.34. The Morgan fingerprint density at radius 3 is 2.46 bits per heavy atom. The summed E-state index contributed by atoms with van der Waals surface area (Å²) in [6.07, 6.45) is -0.787. The molecule has 1 unspecified atom stereocenters. The maximum absolute atomic E-state index is 11.6. The lowest BCUT2D eigenvalue weighted by Gasteiger charge is -2.31. The summed E-state index contributed by atoms with van der Waals surface area (Å²) in [5.41, 5.74) is 8.46. The van der Waals surface area contributed by atoms with Crippen molar-refractivity contribution in [3.05, 3.63) is 59.2 Å². The van der Waals surface area contributed by atoms with Gasteiger partial charge in [0.05, 0.1) is 24.3 Å². The lowest BCUT2D eigenvalue weighted by atomic mass is 10.0. The van der Waals surface area contributed by atoms with Crippen LogP contribution in [0.2, 0.25) is 0 Å². The van der Waals surface area contributed by atoms with Crippen LogP contribution >= 0.6 is 0 Å². The number of methoxy groups -OCH3 is 1. The van der Waals surface area contributed by atoms with E-state index >= 15 is 0 Å². The van der Waals surface area contributed by atoms with Crippen molar-refractivity contribution in [2.75, 3.05) is 24.3 Å². The summed E-state index contributed by atoms with van der Waals surface area (Å²) < 4.78 is 4.71. The van der Waals surface area contributed by atoms with E-state index in [1.54, 1.807) is 30.3 Å². The zero-order chi connectivity index (χ0) is 19.3. The van der Waals surface area contributed by atoms with Crippen molar-refractivity contribution in [2.24, 2.45) is 0 Å². The topological polar surface area (TPSA) is 99.6 Å². The third-order valence-corrected chi connectivity index (χ3v) is 4.20. The number of hydrogen-bond donors (Lipinski definition) is 2. The Hall–Kier alpha value is -3.04. The van der Waals surface area contributed by atoms with E-state index in [4.69, 9.17) is 15.7 Å². The molecule has 136 valence electrons. The molecule has 0 spiro atoms. The van der Waals surface area contributed by atoms with Crippen LogP contribution in [0.25, 0.3) is 0 Å². The predicted octanol–water partition coefficient (Wildman–Crippen LogP) is 2.88. The average Bonchev–Trinajstić information content (AvgIpc) is 2.65. The Balaban J connectivity index is 2.22. The van der Waals surface area contributed by atoms with Gasteiger partial charge in [0.15, 0.2) is 0 Å². The Morgan fingerprint density at radius 1 is 1.27 bits per heavy atom. The highest BCUT2D eigenvalue weighted by Crippen LogP contribution is 2.24. The van der Waals surface area contributed by atoms with Gasteiger partial charge >= 0.3 is 5.97 Å². The van der Waals surface area contributed by atoms with Gasteiger partial charge in [-0.1, -0.05) is 6.07 Å². The molecule has 2 aromatic carbocycles. The highest BCUT2D eigenvalue weighted by Gasteiger charge is 2.18. The second kappa shape index (κ2) is 8.37. The molecule has 26 heavy (non-hydrogen) atoms. The Labute approximate surface area is 153 Å². The van der Waals surface area contributed by atoms with Crippen molar-refractivity contribution in [3.8, 4) is 6.07 Å². The van der Waals surface area contributed by atoms with Crippen LogP contribution in [-0.2, 0) is 4.74 Å². The normalized spacial score (nSPS) is 11.7. The van der Waals surface area contributed by atoms with E-state index in [0.717, 1.165) is 5.69 Å². The summed E-state index contributed by atoms with van der Waals surface area (Å²) >= 11 is 0. The van der Waals surface area contributed by atoms with Crippen LogP contribution in [0.15, 0.2) is 42.5 Å². The molecule has 0 heterocycles. The SMILES string of the molecule is COC(=O)c1ccc(N(CC(O)c2ccc(N)c(C#N)c2)C(C)C)cc1. The molecule has 0 saturated heterocycles. The van der Waals surface area contributed by atoms with Gasteiger partial charge in [-0.2, -0.15) is 5.26 Å². The quantitative estimate of drug-likeness (QED) is 0.612. The van der Waals surface area contributed by atoms with Gasteiger partial charge in [-0.15, -0.1) is 0 Å². The number of carbonyl (C=O) groups excluding carboxylic acids is 1. The van der Waals surface area contributed by atoms with Gasteiger partial charge in [0, 0.05) is 24.0 Å². The first-order valence-electron chi connectivity index (χ1n) is 8.30. The molecule has 0 aliphatic rings. The predicted molar refractivity (Wildman–Crippen MR) is 101 cm³/mol. The summed E-state index contributed by atoms with van der Waals surface area (Å²) in [6, 6.07) is 14.1. The van der Waals surface area contributed by atoms with Gasteiger partial charge in [0.1, 0.15) is 6.07 Å². The number of nitrogens with zero attached hydrogens (tertiary/aromatic N) is 2. The first kappa shape index (κ1) is 19.3. The molecule has 0 radical (unpaired) electrons. The second-order valence-electron chi connectivity index (χ2n) is 6.26. The summed E-state index contributed by atoms with van der Waals surface area (Å²) in [4.78, 5) is 13.6. The van der Waals surface area contributed by atoms with Crippen molar-refractivity contribution in [1.29, 1.82) is 5.26 Å². The van der Waals surface area contributed by atoms with E-state index < -0.39 is 12.1 Å². The zero-order valence-electron chi connectivity index (χ0n) is 15.1. The van der Waals surface area contributed by atoms with E-state index in [9.17, 15) is 9.90 Å². The number of nitriles is 1. The third kappa shape index (κ3) is 4.32. The highest BCUT2D eigenvalue weighted by atomic mass is 16.5. The number of hydrogen-bond acceptors (Lipinski definition) is 6. The molecule has 3 N–H and O–H groups in total. The molecule has 0 aromatic heterocycles. The van der Waals surface area contributed by atoms with E-state index in [1.807, 2.05) is 36.9 Å². The molecule has 0 amide bonds. The maximum atomic E-state index is 11.6. The first-order valence-corrected chi connectivity index (χ1v) is 8.30. The molecule has 0 fully saturated rings. The number of benzene rings is 2. The molecule has 6 heteroatoms. The second-order valence-corrected chi connectivity index (χ2v) is 6.26. The van der Waals surface area contributed by atoms with Crippen molar-refractivity contribution < 1.29 is 14.6 Å². The number of nitrogen functional groups attached to an aromatic ring is 1. The standard InChI is InChI=1S/C20H23N3O3/c1-13(2)23(17-7-4-14(5-8-17)20(25)26-3)12-19(24)15-6-9-18(22)16(10-15)11-21/h4-10,13,19,24H,12,22H2,1-3H3. The molecule has 6 nitrogen and oxygen atoms in total. The number of ether oxygens (including phenoxy) is 1. The number of nitrogens with two attached hydrogens (primary N) is 1. The highest BCUT2D eigenvalue weighted by molar-refractivity contribution is 5.89. The number of rotatable bonds is 6. The van der Waals surface area contributed by atoms with Crippen LogP contribution in [0.3, 0.4) is 0 Å². The zero-order valence-corrected chi connectivity index (χ0v) is 15.1. The summed E-state index contributed by atoms with van der Waals surface area (Å²) in [5, 5.41) is 19.7. The average molecular weight is 353 g/mol. The van der Waals surface area contributed by atoms with E-state index in [1.165, 1.54) is 7.11 Å². The van der Waals surface area contributed by atoms with Crippen molar-refractivity contribution in [1.82, 2.24) is 0 Å². The molecule has 1 atom stereocenters. The number of carbonyl (C=O) groups is 1. The summed E-state index contributed by atoms with van der Waals surface area (Å²) in [6.45, 7) is 4.37. The van der Waals surface area contributed by atoms with Gasteiger partial charge in [-0.3, -0.25) is 0 Å². The fraction of sp³-hybridized carbons (Fsp3) is 0.300. The number of esters is 1. The van der Waals surface area contributed by atoms with Crippen LogP contribution in [0.1, 0.15) is 41.4 Å². The van der Waals surface area contributed by atoms with Crippen molar-refractivity contribution in [3.63, 3.8) is 0 Å². The first-order chi connectivity index (χ1) is 12.4. The molecular formula is C20H23N3O3. The number of aliphatic hydroxyl groups excluding tert-OH is 1. The van der Waals surface area contributed by atoms with Crippen LogP contribution < -0.4 is 10.6 Å². The molecule has 0 bridgehead atoms. The summed E-state index contributed by atoms with van der Waals surface area (Å²) in [7, 11) is 1.34. The molecule has 2 rings (SSSR count).